The van der Waals surface area contributed by atoms with Gasteiger partial charge in [0, 0.05) is 25.2 Å². The summed E-state index contributed by atoms with van der Waals surface area (Å²) in [5.41, 5.74) is 4.26. The first kappa shape index (κ1) is 18.0. The Morgan fingerprint density at radius 1 is 1.40 bits per heavy atom. The molecule has 0 bridgehead atoms. The predicted octanol–water partition coefficient (Wildman–Crippen LogP) is 3.24. The van der Waals surface area contributed by atoms with E-state index >= 15 is 0 Å². The molecule has 1 amide bonds. The molecule has 0 fully saturated rings. The largest absolute Gasteiger partial charge is 0.495 e. The van der Waals surface area contributed by atoms with Crippen molar-refractivity contribution in [3.8, 4) is 5.75 Å². The number of aliphatic imine (C=N–C) groups is 1. The van der Waals surface area contributed by atoms with E-state index in [2.05, 4.69) is 4.99 Å². The zero-order chi connectivity index (χ0) is 18.1. The lowest BCUT2D eigenvalue weighted by atomic mass is 9.99. The minimum Gasteiger partial charge on any atom is -0.495 e. The fourth-order valence-electron chi connectivity index (χ4n) is 3.54. The Kier molecular flexibility index (Phi) is 5.16. The van der Waals surface area contributed by atoms with Crippen LogP contribution in [0.15, 0.2) is 28.3 Å². The maximum absolute atomic E-state index is 13.1. The molecular formula is C19H23ClN2O3. The zero-order valence-corrected chi connectivity index (χ0v) is 15.6. The number of dihydropyridines is 1. The van der Waals surface area contributed by atoms with Gasteiger partial charge in [0.2, 0.25) is 0 Å². The van der Waals surface area contributed by atoms with Crippen LogP contribution in [0.25, 0.3) is 0 Å². The number of hydrogen-bond donors (Lipinski definition) is 1. The van der Waals surface area contributed by atoms with Crippen LogP contribution in [-0.2, 0) is 6.42 Å². The molecule has 0 aromatic heterocycles. The zero-order valence-electron chi connectivity index (χ0n) is 14.8. The molecule has 0 aliphatic carbocycles. The summed E-state index contributed by atoms with van der Waals surface area (Å²) in [5.74, 6) is 0.388. The summed E-state index contributed by atoms with van der Waals surface area (Å²) in [4.78, 5) is 19.1. The van der Waals surface area contributed by atoms with E-state index in [-0.39, 0.29) is 5.91 Å². The SMILES string of the molecule is COc1ccc2c(c1Cl)C(=O)N(CC1=C(C)CC(C)=NC1O)CCC2. The van der Waals surface area contributed by atoms with Crippen molar-refractivity contribution in [2.45, 2.75) is 39.3 Å². The number of aryl methyl sites for hydroxylation is 1. The number of hydrogen-bond acceptors (Lipinski definition) is 4. The molecule has 0 saturated heterocycles. The predicted molar refractivity (Wildman–Crippen MR) is 98.7 cm³/mol. The van der Waals surface area contributed by atoms with Crippen molar-refractivity contribution in [2.24, 2.45) is 4.99 Å². The van der Waals surface area contributed by atoms with Gasteiger partial charge >= 0.3 is 0 Å². The van der Waals surface area contributed by atoms with Crippen molar-refractivity contribution in [3.05, 3.63) is 39.4 Å². The quantitative estimate of drug-likeness (QED) is 0.840. The third-order valence-electron chi connectivity index (χ3n) is 4.87. The third kappa shape index (κ3) is 3.44. The van der Waals surface area contributed by atoms with Crippen LogP contribution in [0.3, 0.4) is 0 Å². The monoisotopic (exact) mass is 362 g/mol. The molecule has 1 unspecified atom stereocenters. The van der Waals surface area contributed by atoms with Crippen LogP contribution in [0.4, 0.5) is 0 Å². The van der Waals surface area contributed by atoms with Gasteiger partial charge in [0.1, 0.15) is 5.75 Å². The molecule has 134 valence electrons. The second-order valence-electron chi connectivity index (χ2n) is 6.67. The molecule has 0 saturated carbocycles. The van der Waals surface area contributed by atoms with Gasteiger partial charge in [0.05, 0.1) is 17.7 Å². The molecule has 1 aromatic rings. The number of aliphatic hydroxyl groups is 1. The average Bonchev–Trinajstić information content (AvgIpc) is 2.71. The average molecular weight is 363 g/mol. The van der Waals surface area contributed by atoms with Crippen molar-refractivity contribution < 1.29 is 14.6 Å². The number of aliphatic hydroxyl groups excluding tert-OH is 1. The van der Waals surface area contributed by atoms with E-state index in [1.807, 2.05) is 19.9 Å². The number of carbonyl (C=O) groups excluding carboxylic acids is 1. The topological polar surface area (TPSA) is 62.1 Å². The number of allylic oxidation sites excluding steroid dienone is 1. The van der Waals surface area contributed by atoms with Gasteiger partial charge in [-0.3, -0.25) is 9.79 Å². The lowest BCUT2D eigenvalue weighted by Gasteiger charge is -2.28. The number of halogens is 1. The van der Waals surface area contributed by atoms with Gasteiger partial charge in [0.25, 0.3) is 5.91 Å². The summed E-state index contributed by atoms with van der Waals surface area (Å²) in [6, 6.07) is 3.72. The van der Waals surface area contributed by atoms with E-state index in [0.29, 0.717) is 29.4 Å². The van der Waals surface area contributed by atoms with E-state index in [4.69, 9.17) is 16.3 Å². The van der Waals surface area contributed by atoms with Crippen molar-refractivity contribution in [3.63, 3.8) is 0 Å². The summed E-state index contributed by atoms with van der Waals surface area (Å²) in [6.45, 7) is 4.89. The van der Waals surface area contributed by atoms with E-state index in [9.17, 15) is 9.90 Å². The van der Waals surface area contributed by atoms with Crippen molar-refractivity contribution in [1.82, 2.24) is 4.90 Å². The highest BCUT2D eigenvalue weighted by molar-refractivity contribution is 6.35. The van der Waals surface area contributed by atoms with Gasteiger partial charge in [-0.1, -0.05) is 23.2 Å². The van der Waals surface area contributed by atoms with Crippen LogP contribution in [0.1, 0.15) is 42.6 Å². The van der Waals surface area contributed by atoms with Gasteiger partial charge in [-0.25, -0.2) is 0 Å². The number of amides is 1. The van der Waals surface area contributed by atoms with Crippen LogP contribution >= 0.6 is 11.6 Å². The molecule has 0 spiro atoms. The maximum Gasteiger partial charge on any atom is 0.256 e. The van der Waals surface area contributed by atoms with Crippen molar-refractivity contribution in [2.75, 3.05) is 20.2 Å². The summed E-state index contributed by atoms with van der Waals surface area (Å²) in [7, 11) is 1.54. The molecule has 25 heavy (non-hydrogen) atoms. The van der Waals surface area contributed by atoms with Crippen LogP contribution in [-0.4, -0.2) is 48.1 Å². The molecule has 2 heterocycles. The normalized spacial score (nSPS) is 21.0. The number of benzene rings is 1. The first-order valence-electron chi connectivity index (χ1n) is 8.47. The molecule has 1 aromatic carbocycles. The number of rotatable bonds is 3. The van der Waals surface area contributed by atoms with Crippen LogP contribution in [0.5, 0.6) is 5.75 Å². The lowest BCUT2D eigenvalue weighted by Crippen LogP contribution is -2.36. The van der Waals surface area contributed by atoms with Crippen LogP contribution in [0.2, 0.25) is 5.02 Å². The van der Waals surface area contributed by atoms with E-state index in [0.717, 1.165) is 41.7 Å². The summed E-state index contributed by atoms with van der Waals surface area (Å²) in [5, 5.41) is 10.7. The molecule has 1 atom stereocenters. The van der Waals surface area contributed by atoms with Gasteiger partial charge in [-0.2, -0.15) is 0 Å². The summed E-state index contributed by atoms with van der Waals surface area (Å²) in [6.07, 6.45) is 1.51. The van der Waals surface area contributed by atoms with Gasteiger partial charge in [-0.15, -0.1) is 0 Å². The lowest BCUT2D eigenvalue weighted by molar-refractivity contribution is 0.0763. The number of methoxy groups -OCH3 is 1. The van der Waals surface area contributed by atoms with Gasteiger partial charge in [-0.05, 0) is 43.9 Å². The molecule has 0 radical (unpaired) electrons. The van der Waals surface area contributed by atoms with E-state index in [1.54, 1.807) is 18.1 Å². The molecular weight excluding hydrogens is 340 g/mol. The standard InChI is InChI=1S/C19H23ClN2O3/c1-11-9-12(2)21-18(23)14(11)10-22-8-4-5-13-6-7-15(25-3)17(20)16(13)19(22)24/h6-7,18,23H,4-5,8-10H2,1-3H3. The second-order valence-corrected chi connectivity index (χ2v) is 7.04. The van der Waals surface area contributed by atoms with E-state index < -0.39 is 6.23 Å². The van der Waals surface area contributed by atoms with Crippen LogP contribution in [0, 0.1) is 0 Å². The fourth-order valence-corrected chi connectivity index (χ4v) is 3.88. The first-order chi connectivity index (χ1) is 11.9. The van der Waals surface area contributed by atoms with Gasteiger partial charge in [0.15, 0.2) is 6.23 Å². The molecule has 3 rings (SSSR count). The maximum atomic E-state index is 13.1. The Morgan fingerprint density at radius 2 is 2.16 bits per heavy atom. The smallest absolute Gasteiger partial charge is 0.256 e. The van der Waals surface area contributed by atoms with Crippen LogP contribution < -0.4 is 4.74 Å². The van der Waals surface area contributed by atoms with Gasteiger partial charge < -0.3 is 14.7 Å². The minimum atomic E-state index is -0.870. The Balaban J connectivity index is 1.92. The molecule has 5 nitrogen and oxygen atoms in total. The third-order valence-corrected chi connectivity index (χ3v) is 5.25. The highest BCUT2D eigenvalue weighted by Crippen LogP contribution is 2.34. The summed E-state index contributed by atoms with van der Waals surface area (Å²) < 4.78 is 5.26. The number of fused-ring (bicyclic) bond motifs is 1. The fraction of sp³-hybridized carbons (Fsp3) is 0.474. The highest BCUT2D eigenvalue weighted by atomic mass is 35.5. The Labute approximate surface area is 153 Å². The minimum absolute atomic E-state index is 0.116. The Morgan fingerprint density at radius 3 is 2.84 bits per heavy atom. The molecule has 2 aliphatic rings. The number of ether oxygens (including phenoxy) is 1. The molecule has 2 aliphatic heterocycles. The van der Waals surface area contributed by atoms with Crippen molar-refractivity contribution in [1.29, 1.82) is 0 Å². The highest BCUT2D eigenvalue weighted by Gasteiger charge is 2.29. The molecule has 6 heteroatoms. The van der Waals surface area contributed by atoms with E-state index in [1.165, 1.54) is 0 Å². The number of carbonyl (C=O) groups is 1. The second kappa shape index (κ2) is 7.18. The Hall–Kier alpha value is -1.85. The van der Waals surface area contributed by atoms with Crippen molar-refractivity contribution >= 4 is 23.2 Å². The molecule has 1 N–H and O–H groups in total. The number of nitrogens with zero attached hydrogens (tertiary/aromatic N) is 2. The first-order valence-corrected chi connectivity index (χ1v) is 8.84. The summed E-state index contributed by atoms with van der Waals surface area (Å²) >= 11 is 6.42. The Bertz CT molecular complexity index is 770.